The zero-order chi connectivity index (χ0) is 15.1. The third kappa shape index (κ3) is 4.38. The Labute approximate surface area is 124 Å². The van der Waals surface area contributed by atoms with Gasteiger partial charge in [-0.25, -0.2) is 4.98 Å². The van der Waals surface area contributed by atoms with Crippen molar-refractivity contribution in [1.29, 1.82) is 0 Å². The highest BCUT2D eigenvalue weighted by atomic mass is 15.3. The Kier molecular flexibility index (Phi) is 5.44. The van der Waals surface area contributed by atoms with Crippen molar-refractivity contribution in [2.75, 3.05) is 37.2 Å². The topological polar surface area (TPSA) is 97.8 Å². The second-order valence-corrected chi connectivity index (χ2v) is 4.59. The molecule has 0 atom stereocenters. The van der Waals surface area contributed by atoms with Crippen molar-refractivity contribution < 1.29 is 0 Å². The van der Waals surface area contributed by atoms with Crippen molar-refractivity contribution in [2.45, 2.75) is 20.3 Å². The Balaban J connectivity index is 1.92. The molecule has 0 aliphatic carbocycles. The molecule has 2 rings (SSSR count). The average molecular weight is 290 g/mol. The predicted octanol–water partition coefficient (Wildman–Crippen LogP) is 0.783. The third-order valence-corrected chi connectivity index (χ3v) is 3.20. The average Bonchev–Trinajstić information content (AvgIpc) is 3.01. The van der Waals surface area contributed by atoms with Crippen molar-refractivity contribution in [2.24, 2.45) is 0 Å². The normalized spacial score (nSPS) is 11.0. The van der Waals surface area contributed by atoms with E-state index < -0.39 is 0 Å². The Morgan fingerprint density at radius 3 is 2.71 bits per heavy atom. The van der Waals surface area contributed by atoms with Crippen LogP contribution in [0.5, 0.6) is 0 Å². The maximum atomic E-state index is 5.72. The van der Waals surface area contributed by atoms with E-state index in [0.717, 1.165) is 32.6 Å². The van der Waals surface area contributed by atoms with Crippen LogP contribution in [0.15, 0.2) is 18.7 Å². The van der Waals surface area contributed by atoms with Gasteiger partial charge in [0.05, 0.1) is 0 Å². The number of hydrogen-bond acceptors (Lipinski definition) is 7. The lowest BCUT2D eigenvalue weighted by Gasteiger charge is -2.17. The fourth-order valence-corrected chi connectivity index (χ4v) is 2.00. The summed E-state index contributed by atoms with van der Waals surface area (Å²) in [6, 6.07) is 0. The lowest BCUT2D eigenvalue weighted by Crippen LogP contribution is -2.25. The summed E-state index contributed by atoms with van der Waals surface area (Å²) in [6.07, 6.45) is 6.07. The Bertz CT molecular complexity index is 535. The highest BCUT2D eigenvalue weighted by molar-refractivity contribution is 5.34. The number of anilines is 2. The van der Waals surface area contributed by atoms with Gasteiger partial charge in [-0.05, 0) is 26.1 Å². The first-order valence-corrected chi connectivity index (χ1v) is 7.19. The van der Waals surface area contributed by atoms with Gasteiger partial charge in [0.1, 0.15) is 6.33 Å². The van der Waals surface area contributed by atoms with Gasteiger partial charge >= 0.3 is 0 Å². The van der Waals surface area contributed by atoms with Crippen LogP contribution in [0.2, 0.25) is 0 Å². The number of aromatic nitrogens is 5. The Hall–Kier alpha value is -2.22. The summed E-state index contributed by atoms with van der Waals surface area (Å²) in [6.45, 7) is 8.32. The molecule has 0 saturated heterocycles. The smallest absolute Gasteiger partial charge is 0.241 e. The molecule has 0 aromatic carbocycles. The SMILES string of the molecule is CCN(CC)CCCNc1nc(N)nc(-n2ccnc2)n1. The molecule has 0 saturated carbocycles. The van der Waals surface area contributed by atoms with Crippen LogP contribution in [-0.2, 0) is 0 Å². The molecule has 0 radical (unpaired) electrons. The first-order valence-electron chi connectivity index (χ1n) is 7.19. The first kappa shape index (κ1) is 15.2. The second kappa shape index (κ2) is 7.53. The maximum absolute atomic E-state index is 5.72. The van der Waals surface area contributed by atoms with Gasteiger partial charge in [-0.3, -0.25) is 4.57 Å². The number of rotatable bonds is 8. The number of nitrogen functional groups attached to an aromatic ring is 1. The molecule has 0 fully saturated rings. The van der Waals surface area contributed by atoms with Crippen molar-refractivity contribution in [3.8, 4) is 5.95 Å². The van der Waals surface area contributed by atoms with Gasteiger partial charge in [0, 0.05) is 18.9 Å². The van der Waals surface area contributed by atoms with Gasteiger partial charge < -0.3 is 16.0 Å². The first-order chi connectivity index (χ1) is 10.2. The molecule has 2 aromatic heterocycles. The molecule has 2 aromatic rings. The van der Waals surface area contributed by atoms with Crippen LogP contribution < -0.4 is 11.1 Å². The van der Waals surface area contributed by atoms with E-state index in [1.807, 2.05) is 0 Å². The molecule has 8 heteroatoms. The minimum atomic E-state index is 0.194. The summed E-state index contributed by atoms with van der Waals surface area (Å²) in [4.78, 5) is 18.9. The van der Waals surface area contributed by atoms with Gasteiger partial charge in [-0.2, -0.15) is 15.0 Å². The van der Waals surface area contributed by atoms with Gasteiger partial charge in [0.15, 0.2) is 0 Å². The number of nitrogens with zero attached hydrogens (tertiary/aromatic N) is 6. The van der Waals surface area contributed by atoms with Crippen LogP contribution in [0.4, 0.5) is 11.9 Å². The quantitative estimate of drug-likeness (QED) is 0.693. The molecule has 0 unspecified atom stereocenters. The van der Waals surface area contributed by atoms with Crippen LogP contribution in [0.25, 0.3) is 5.95 Å². The zero-order valence-electron chi connectivity index (χ0n) is 12.5. The van der Waals surface area contributed by atoms with E-state index in [1.165, 1.54) is 0 Å². The van der Waals surface area contributed by atoms with E-state index >= 15 is 0 Å². The van der Waals surface area contributed by atoms with Gasteiger partial charge in [-0.1, -0.05) is 13.8 Å². The van der Waals surface area contributed by atoms with Gasteiger partial charge in [-0.15, -0.1) is 0 Å². The van der Waals surface area contributed by atoms with E-state index in [0.29, 0.717) is 11.9 Å². The maximum Gasteiger partial charge on any atom is 0.241 e. The highest BCUT2D eigenvalue weighted by Crippen LogP contribution is 2.06. The molecule has 114 valence electrons. The summed E-state index contributed by atoms with van der Waals surface area (Å²) < 4.78 is 1.69. The van der Waals surface area contributed by atoms with Crippen molar-refractivity contribution in [1.82, 2.24) is 29.4 Å². The molecule has 0 aliphatic rings. The molecule has 0 aliphatic heterocycles. The van der Waals surface area contributed by atoms with E-state index in [1.54, 1.807) is 23.3 Å². The predicted molar refractivity (Wildman–Crippen MR) is 82.3 cm³/mol. The van der Waals surface area contributed by atoms with Gasteiger partial charge in [0.25, 0.3) is 0 Å². The molecule has 0 spiro atoms. The highest BCUT2D eigenvalue weighted by Gasteiger charge is 2.06. The minimum absolute atomic E-state index is 0.194. The van der Waals surface area contributed by atoms with Crippen molar-refractivity contribution in [3.63, 3.8) is 0 Å². The number of nitrogens with one attached hydrogen (secondary N) is 1. The molecule has 0 bridgehead atoms. The molecular weight excluding hydrogens is 268 g/mol. The summed E-state index contributed by atoms with van der Waals surface area (Å²) in [7, 11) is 0. The third-order valence-electron chi connectivity index (χ3n) is 3.20. The van der Waals surface area contributed by atoms with E-state index in [4.69, 9.17) is 5.73 Å². The van der Waals surface area contributed by atoms with E-state index in [9.17, 15) is 0 Å². The van der Waals surface area contributed by atoms with Gasteiger partial charge in [0.2, 0.25) is 17.8 Å². The fraction of sp³-hybridized carbons (Fsp3) is 0.538. The van der Waals surface area contributed by atoms with Crippen LogP contribution in [-0.4, -0.2) is 55.6 Å². The Morgan fingerprint density at radius 2 is 2.05 bits per heavy atom. The summed E-state index contributed by atoms with van der Waals surface area (Å²) in [5, 5.41) is 3.19. The second-order valence-electron chi connectivity index (χ2n) is 4.59. The standard InChI is InChI=1S/C13H22N8/c1-3-20(4-2)8-5-6-16-12-17-11(14)18-13(19-12)21-9-7-15-10-21/h7,9-10H,3-6,8H2,1-2H3,(H3,14,16,17,18,19). The summed E-state index contributed by atoms with van der Waals surface area (Å²) >= 11 is 0. The van der Waals surface area contributed by atoms with Crippen LogP contribution >= 0.6 is 0 Å². The van der Waals surface area contributed by atoms with Crippen molar-refractivity contribution in [3.05, 3.63) is 18.7 Å². The number of nitrogens with two attached hydrogens (primary N) is 1. The monoisotopic (exact) mass is 290 g/mol. The fourth-order valence-electron chi connectivity index (χ4n) is 2.00. The molecule has 21 heavy (non-hydrogen) atoms. The lowest BCUT2D eigenvalue weighted by atomic mass is 10.3. The summed E-state index contributed by atoms with van der Waals surface area (Å²) in [5.74, 6) is 1.15. The van der Waals surface area contributed by atoms with E-state index in [-0.39, 0.29) is 5.95 Å². The molecular formula is C13H22N8. The van der Waals surface area contributed by atoms with E-state index in [2.05, 4.69) is 44.0 Å². The molecule has 3 N–H and O–H groups in total. The zero-order valence-corrected chi connectivity index (χ0v) is 12.5. The number of imidazole rings is 1. The van der Waals surface area contributed by atoms with Crippen molar-refractivity contribution >= 4 is 11.9 Å². The van der Waals surface area contributed by atoms with Crippen LogP contribution in [0, 0.1) is 0 Å². The minimum Gasteiger partial charge on any atom is -0.368 e. The molecule has 0 amide bonds. The largest absolute Gasteiger partial charge is 0.368 e. The lowest BCUT2D eigenvalue weighted by molar-refractivity contribution is 0.303. The molecule has 8 nitrogen and oxygen atoms in total. The van der Waals surface area contributed by atoms with Crippen LogP contribution in [0.3, 0.4) is 0 Å². The Morgan fingerprint density at radius 1 is 1.24 bits per heavy atom. The summed E-state index contributed by atoms with van der Waals surface area (Å²) in [5.41, 5.74) is 5.72. The van der Waals surface area contributed by atoms with Crippen LogP contribution in [0.1, 0.15) is 20.3 Å². The molecule has 2 heterocycles. The number of hydrogen-bond donors (Lipinski definition) is 2.